The Morgan fingerprint density at radius 2 is 1.50 bits per heavy atom. The van der Waals surface area contributed by atoms with Gasteiger partial charge in [0, 0.05) is 5.02 Å². The summed E-state index contributed by atoms with van der Waals surface area (Å²) in [7, 11) is -1.01. The summed E-state index contributed by atoms with van der Waals surface area (Å²) in [5.41, 5.74) is 2.35. The van der Waals surface area contributed by atoms with E-state index in [0.717, 1.165) is 10.6 Å². The van der Waals surface area contributed by atoms with Crippen LogP contribution in [0.25, 0.3) is 0 Å². The zero-order valence-corrected chi connectivity index (χ0v) is 14.1. The molecule has 1 rings (SSSR count). The second kappa shape index (κ2) is 7.35. The molecule has 2 heteroatoms. The molecular weight excluding hydrogens is 256 g/mol. The van der Waals surface area contributed by atoms with E-state index in [4.69, 9.17) is 11.6 Å². The van der Waals surface area contributed by atoms with E-state index in [2.05, 4.69) is 39.8 Å². The minimum absolute atomic E-state index is 0.839. The van der Waals surface area contributed by atoms with Crippen molar-refractivity contribution in [3.05, 3.63) is 34.9 Å². The van der Waals surface area contributed by atoms with E-state index in [1.165, 1.54) is 36.5 Å². The molecule has 0 amide bonds. The maximum atomic E-state index is 5.92. The highest BCUT2D eigenvalue weighted by atomic mass is 35.5. The van der Waals surface area contributed by atoms with E-state index in [1.54, 1.807) is 0 Å². The van der Waals surface area contributed by atoms with Crippen molar-refractivity contribution in [2.45, 2.75) is 64.2 Å². The fraction of sp³-hybridized carbons (Fsp3) is 0.625. The molecule has 0 aliphatic heterocycles. The van der Waals surface area contributed by atoms with E-state index >= 15 is 0 Å². The highest BCUT2D eigenvalue weighted by molar-refractivity contribution is 6.80. The summed E-state index contributed by atoms with van der Waals surface area (Å²) in [6, 6.07) is 12.6. The quantitative estimate of drug-likeness (QED) is 0.525. The third-order valence-electron chi connectivity index (χ3n) is 4.94. The lowest BCUT2D eigenvalue weighted by molar-refractivity contribution is 0.747. The van der Waals surface area contributed by atoms with Gasteiger partial charge in [-0.2, -0.15) is 0 Å². The lowest BCUT2D eigenvalue weighted by atomic mass is 10.1. The molecule has 0 radical (unpaired) electrons. The van der Waals surface area contributed by atoms with Crippen molar-refractivity contribution in [2.75, 3.05) is 0 Å². The molecule has 1 unspecified atom stereocenters. The van der Waals surface area contributed by atoms with Gasteiger partial charge in [-0.15, -0.1) is 0 Å². The van der Waals surface area contributed by atoms with Gasteiger partial charge in [0.2, 0.25) is 0 Å². The number of halogens is 1. The van der Waals surface area contributed by atoms with Crippen LogP contribution in [0.1, 0.15) is 39.7 Å². The van der Waals surface area contributed by atoms with E-state index in [1.807, 2.05) is 12.1 Å². The van der Waals surface area contributed by atoms with Gasteiger partial charge in [-0.05, 0) is 36.1 Å². The molecular formula is C16H27ClSi. The van der Waals surface area contributed by atoms with Gasteiger partial charge in [0.15, 0.2) is 0 Å². The molecule has 1 aromatic rings. The molecule has 18 heavy (non-hydrogen) atoms. The highest BCUT2D eigenvalue weighted by Crippen LogP contribution is 2.36. The molecule has 0 saturated heterocycles. The Bertz CT molecular complexity index is 332. The van der Waals surface area contributed by atoms with Crippen LogP contribution in [0.3, 0.4) is 0 Å². The Morgan fingerprint density at radius 1 is 1.00 bits per heavy atom. The average molecular weight is 283 g/mol. The minimum atomic E-state index is -1.01. The molecule has 0 aliphatic carbocycles. The Labute approximate surface area is 119 Å². The van der Waals surface area contributed by atoms with Crippen LogP contribution in [0.2, 0.25) is 28.7 Å². The van der Waals surface area contributed by atoms with Crippen LogP contribution in [0.5, 0.6) is 0 Å². The van der Waals surface area contributed by atoms with Crippen molar-refractivity contribution in [3.63, 3.8) is 0 Å². The van der Waals surface area contributed by atoms with E-state index in [0.29, 0.717) is 0 Å². The first-order valence-electron chi connectivity index (χ1n) is 7.32. The fourth-order valence-corrected chi connectivity index (χ4v) is 7.61. The maximum absolute atomic E-state index is 5.92. The van der Waals surface area contributed by atoms with Crippen LogP contribution < -0.4 is 0 Å². The monoisotopic (exact) mass is 282 g/mol. The van der Waals surface area contributed by atoms with Crippen LogP contribution in [0.15, 0.2) is 24.3 Å². The van der Waals surface area contributed by atoms with Crippen LogP contribution >= 0.6 is 11.6 Å². The minimum Gasteiger partial charge on any atom is -0.0843 e. The van der Waals surface area contributed by atoms with Gasteiger partial charge in [-0.25, -0.2) is 0 Å². The molecule has 1 atom stereocenters. The predicted molar refractivity (Wildman–Crippen MR) is 86.4 cm³/mol. The van der Waals surface area contributed by atoms with Crippen LogP contribution in [0.4, 0.5) is 0 Å². The Balaban J connectivity index is 2.59. The first-order valence-corrected chi connectivity index (χ1v) is 10.4. The molecule has 0 aliphatic rings. The molecule has 0 fully saturated rings. The van der Waals surface area contributed by atoms with Crippen molar-refractivity contribution in [1.82, 2.24) is 0 Å². The standard InChI is InChI=1S/C16H27ClSi/c1-5-18(6-2,7-3)14(4)8-9-15-10-12-16(17)13-11-15/h10-14H,5-9H2,1-4H3. The van der Waals surface area contributed by atoms with Gasteiger partial charge in [0.1, 0.15) is 0 Å². The van der Waals surface area contributed by atoms with Gasteiger partial charge in [-0.1, -0.05) is 69.6 Å². The first-order chi connectivity index (χ1) is 8.57. The van der Waals surface area contributed by atoms with Gasteiger partial charge in [0.05, 0.1) is 8.07 Å². The third-order valence-corrected chi connectivity index (χ3v) is 11.8. The summed E-state index contributed by atoms with van der Waals surface area (Å²) in [4.78, 5) is 0. The van der Waals surface area contributed by atoms with Crippen LogP contribution in [-0.2, 0) is 6.42 Å². The number of rotatable bonds is 7. The predicted octanol–water partition coefficient (Wildman–Crippen LogP) is 6.17. The van der Waals surface area contributed by atoms with Gasteiger partial charge < -0.3 is 0 Å². The second-order valence-corrected chi connectivity index (χ2v) is 11.8. The Morgan fingerprint density at radius 3 is 1.94 bits per heavy atom. The van der Waals surface area contributed by atoms with Crippen molar-refractivity contribution in [1.29, 1.82) is 0 Å². The van der Waals surface area contributed by atoms with E-state index in [9.17, 15) is 0 Å². The summed E-state index contributed by atoms with van der Waals surface area (Å²) in [6.45, 7) is 9.69. The zero-order chi connectivity index (χ0) is 13.6. The third kappa shape index (κ3) is 3.86. The van der Waals surface area contributed by atoms with Gasteiger partial charge in [-0.3, -0.25) is 0 Å². The molecule has 0 heterocycles. The Kier molecular flexibility index (Phi) is 6.44. The lowest BCUT2D eigenvalue weighted by Crippen LogP contribution is -2.36. The summed E-state index contributed by atoms with van der Waals surface area (Å²) >= 11 is 5.92. The summed E-state index contributed by atoms with van der Waals surface area (Å²) in [5.74, 6) is 0. The fourth-order valence-electron chi connectivity index (χ4n) is 3.14. The van der Waals surface area contributed by atoms with Crippen molar-refractivity contribution < 1.29 is 0 Å². The van der Waals surface area contributed by atoms with E-state index < -0.39 is 8.07 Å². The van der Waals surface area contributed by atoms with E-state index in [-0.39, 0.29) is 0 Å². The van der Waals surface area contributed by atoms with Crippen LogP contribution in [-0.4, -0.2) is 8.07 Å². The molecule has 0 aromatic heterocycles. The number of hydrogen-bond donors (Lipinski definition) is 0. The van der Waals surface area contributed by atoms with Gasteiger partial charge >= 0.3 is 0 Å². The van der Waals surface area contributed by atoms with Crippen molar-refractivity contribution in [3.8, 4) is 0 Å². The maximum Gasteiger partial charge on any atom is 0.0556 e. The average Bonchev–Trinajstić information content (AvgIpc) is 2.41. The number of aryl methyl sites for hydroxylation is 1. The van der Waals surface area contributed by atoms with Gasteiger partial charge in [0.25, 0.3) is 0 Å². The molecule has 0 nitrogen and oxygen atoms in total. The molecule has 0 bridgehead atoms. The molecule has 0 spiro atoms. The topological polar surface area (TPSA) is 0 Å². The van der Waals surface area contributed by atoms with Crippen molar-refractivity contribution >= 4 is 19.7 Å². The highest BCUT2D eigenvalue weighted by Gasteiger charge is 2.32. The molecule has 0 saturated carbocycles. The smallest absolute Gasteiger partial charge is 0.0556 e. The summed E-state index contributed by atoms with van der Waals surface area (Å²) in [6.07, 6.45) is 2.54. The second-order valence-electron chi connectivity index (χ2n) is 5.49. The Hall–Kier alpha value is -0.273. The normalized spacial score (nSPS) is 13.6. The van der Waals surface area contributed by atoms with Crippen molar-refractivity contribution in [2.24, 2.45) is 0 Å². The molecule has 0 N–H and O–H groups in total. The number of benzene rings is 1. The lowest BCUT2D eigenvalue weighted by Gasteiger charge is -2.35. The van der Waals surface area contributed by atoms with Crippen LogP contribution in [0, 0.1) is 0 Å². The summed E-state index contributed by atoms with van der Waals surface area (Å²) < 4.78 is 0. The SMILES string of the molecule is CC[Si](CC)(CC)C(C)CCc1ccc(Cl)cc1. The number of hydrogen-bond acceptors (Lipinski definition) is 0. The first kappa shape index (κ1) is 15.8. The largest absolute Gasteiger partial charge is 0.0843 e. The summed E-state index contributed by atoms with van der Waals surface area (Å²) in [5, 5.41) is 0.839. The molecule has 1 aromatic carbocycles. The zero-order valence-electron chi connectivity index (χ0n) is 12.3. The molecule has 102 valence electrons.